The van der Waals surface area contributed by atoms with Crippen molar-refractivity contribution in [2.45, 2.75) is 6.42 Å². The van der Waals surface area contributed by atoms with E-state index in [4.69, 9.17) is 16.6 Å². The van der Waals surface area contributed by atoms with Gasteiger partial charge in [-0.2, -0.15) is 0 Å². The lowest BCUT2D eigenvalue weighted by Crippen LogP contribution is -2.34. The molecule has 8 N–H and O–H groups in total. The molecule has 0 aliphatic carbocycles. The Balaban J connectivity index is 0. The van der Waals surface area contributed by atoms with Gasteiger partial charge in [0, 0.05) is 12.4 Å². The summed E-state index contributed by atoms with van der Waals surface area (Å²) in [5, 5.41) is 7.80. The van der Waals surface area contributed by atoms with Crippen LogP contribution in [0.1, 0.15) is 6.42 Å². The number of thiocarbonyl (C=S) groups is 1. The standard InChI is InChI=1S/C5H6N2.C3H4O3.CH5N3S/c6-5-2-1-3-7-4-5;4-2-1-3(5)6;2-1(5)4-3/h1-4H,6H2;2H,1H2,(H,5,6);3H2,(H3,2,4,5). The van der Waals surface area contributed by atoms with Crippen molar-refractivity contribution in [1.82, 2.24) is 10.4 Å². The number of aliphatic carboxylic acids is 1. The van der Waals surface area contributed by atoms with Crippen LogP contribution in [0.2, 0.25) is 0 Å². The van der Waals surface area contributed by atoms with Gasteiger partial charge in [0.25, 0.3) is 0 Å². The Hall–Kier alpha value is -2.26. The first-order chi connectivity index (χ1) is 8.43. The fourth-order valence-electron chi connectivity index (χ4n) is 0.447. The minimum atomic E-state index is -1.08. The van der Waals surface area contributed by atoms with Crippen LogP contribution in [0.25, 0.3) is 0 Å². The van der Waals surface area contributed by atoms with E-state index in [2.05, 4.69) is 23.0 Å². The monoisotopic (exact) mass is 273 g/mol. The van der Waals surface area contributed by atoms with Gasteiger partial charge >= 0.3 is 5.97 Å². The van der Waals surface area contributed by atoms with Crippen molar-refractivity contribution in [3.8, 4) is 0 Å². The lowest BCUT2D eigenvalue weighted by Gasteiger charge is -1.85. The lowest BCUT2D eigenvalue weighted by molar-refractivity contribution is -0.138. The van der Waals surface area contributed by atoms with Gasteiger partial charge in [0.1, 0.15) is 12.7 Å². The second-order valence-corrected chi connectivity index (χ2v) is 3.00. The third-order valence-electron chi connectivity index (χ3n) is 1.08. The van der Waals surface area contributed by atoms with Gasteiger partial charge in [-0.3, -0.25) is 9.78 Å². The molecule has 100 valence electrons. The molecule has 0 radical (unpaired) electrons. The Morgan fingerprint density at radius 1 is 1.61 bits per heavy atom. The number of hydrogen-bond donors (Lipinski definition) is 5. The van der Waals surface area contributed by atoms with E-state index in [1.807, 2.05) is 5.43 Å². The van der Waals surface area contributed by atoms with E-state index in [0.717, 1.165) is 0 Å². The average Bonchev–Trinajstić information content (AvgIpc) is 2.31. The van der Waals surface area contributed by atoms with Crippen LogP contribution in [0.3, 0.4) is 0 Å². The molecule has 18 heavy (non-hydrogen) atoms. The lowest BCUT2D eigenvalue weighted by atomic mass is 10.4. The van der Waals surface area contributed by atoms with Crippen LogP contribution in [-0.4, -0.2) is 27.5 Å². The largest absolute Gasteiger partial charge is 0.481 e. The highest BCUT2D eigenvalue weighted by atomic mass is 32.1. The van der Waals surface area contributed by atoms with E-state index in [9.17, 15) is 9.59 Å². The highest BCUT2D eigenvalue weighted by molar-refractivity contribution is 7.80. The van der Waals surface area contributed by atoms with Crippen molar-refractivity contribution >= 4 is 35.3 Å². The van der Waals surface area contributed by atoms with E-state index in [-0.39, 0.29) is 11.5 Å². The number of nitrogens with one attached hydrogen (secondary N) is 1. The van der Waals surface area contributed by atoms with Crippen LogP contribution < -0.4 is 22.7 Å². The molecular formula is C9H15N5O3S. The number of hydrogen-bond acceptors (Lipinski definition) is 6. The first-order valence-electron chi connectivity index (χ1n) is 4.51. The summed E-state index contributed by atoms with van der Waals surface area (Å²) in [5.41, 5.74) is 12.8. The maximum Gasteiger partial charge on any atom is 0.310 e. The molecule has 0 spiro atoms. The zero-order valence-corrected chi connectivity index (χ0v) is 10.3. The number of anilines is 1. The molecule has 0 fully saturated rings. The van der Waals surface area contributed by atoms with Gasteiger partial charge in [0.05, 0.1) is 5.69 Å². The van der Waals surface area contributed by atoms with Gasteiger partial charge in [-0.05, 0) is 24.4 Å². The number of rotatable bonds is 2. The van der Waals surface area contributed by atoms with E-state index in [0.29, 0.717) is 12.0 Å². The van der Waals surface area contributed by atoms with Crippen molar-refractivity contribution in [1.29, 1.82) is 0 Å². The van der Waals surface area contributed by atoms with E-state index in [1.54, 1.807) is 24.5 Å². The maximum absolute atomic E-state index is 9.37. The number of carbonyl (C=O) groups excluding carboxylic acids is 1. The summed E-state index contributed by atoms with van der Waals surface area (Å²) in [7, 11) is 0. The molecule has 0 bridgehead atoms. The Kier molecular flexibility index (Phi) is 12.9. The zero-order valence-electron chi connectivity index (χ0n) is 9.45. The van der Waals surface area contributed by atoms with Crippen molar-refractivity contribution in [3.63, 3.8) is 0 Å². The minimum absolute atomic E-state index is 0.116. The molecule has 0 amide bonds. The van der Waals surface area contributed by atoms with Crippen molar-refractivity contribution < 1.29 is 14.7 Å². The second-order valence-electron chi connectivity index (χ2n) is 2.56. The predicted octanol–water partition coefficient (Wildman–Crippen LogP) is -0.983. The topological polar surface area (TPSA) is 157 Å². The second kappa shape index (κ2) is 12.8. The van der Waals surface area contributed by atoms with E-state index >= 15 is 0 Å². The zero-order chi connectivity index (χ0) is 14.4. The van der Waals surface area contributed by atoms with E-state index in [1.165, 1.54) is 0 Å². The summed E-state index contributed by atoms with van der Waals surface area (Å²) < 4.78 is 0. The molecule has 0 saturated carbocycles. The van der Waals surface area contributed by atoms with E-state index < -0.39 is 5.97 Å². The summed E-state index contributed by atoms with van der Waals surface area (Å²) in [6.45, 7) is 0. The molecule has 0 aromatic carbocycles. The predicted molar refractivity (Wildman–Crippen MR) is 71.1 cm³/mol. The molecule has 9 heteroatoms. The van der Waals surface area contributed by atoms with Crippen LogP contribution >= 0.6 is 12.2 Å². The van der Waals surface area contributed by atoms with Gasteiger partial charge in [-0.25, -0.2) is 5.84 Å². The van der Waals surface area contributed by atoms with Crippen LogP contribution in [0, 0.1) is 0 Å². The number of nitrogen functional groups attached to an aromatic ring is 1. The summed E-state index contributed by atoms with van der Waals surface area (Å²) in [6.07, 6.45) is 3.26. The molecule has 0 aliphatic rings. The van der Waals surface area contributed by atoms with Gasteiger partial charge in [-0.15, -0.1) is 0 Å². The summed E-state index contributed by atoms with van der Waals surface area (Å²) in [6, 6.07) is 3.60. The highest BCUT2D eigenvalue weighted by Crippen LogP contribution is 1.92. The van der Waals surface area contributed by atoms with Crippen LogP contribution in [-0.2, 0) is 9.59 Å². The van der Waals surface area contributed by atoms with Crippen LogP contribution in [0.15, 0.2) is 24.5 Å². The molecule has 0 saturated heterocycles. The Morgan fingerprint density at radius 3 is 2.28 bits per heavy atom. The fraction of sp³-hybridized carbons (Fsp3) is 0.111. The average molecular weight is 273 g/mol. The number of hydrazine groups is 1. The first kappa shape index (κ1) is 18.1. The molecule has 0 atom stereocenters. The molecule has 8 nitrogen and oxygen atoms in total. The van der Waals surface area contributed by atoms with Crippen molar-refractivity contribution in [3.05, 3.63) is 24.5 Å². The smallest absolute Gasteiger partial charge is 0.310 e. The Labute approximate surface area is 109 Å². The Morgan fingerprint density at radius 2 is 2.17 bits per heavy atom. The molecule has 1 aromatic rings. The number of carboxylic acids is 1. The molecular weight excluding hydrogens is 258 g/mol. The molecule has 0 aliphatic heterocycles. The third kappa shape index (κ3) is 19.3. The van der Waals surface area contributed by atoms with Crippen LogP contribution in [0.5, 0.6) is 0 Å². The normalized spacial score (nSPS) is 7.61. The maximum atomic E-state index is 9.37. The van der Waals surface area contributed by atoms with Crippen molar-refractivity contribution in [2.24, 2.45) is 11.6 Å². The molecule has 1 aromatic heterocycles. The summed E-state index contributed by atoms with van der Waals surface area (Å²) in [4.78, 5) is 22.4. The van der Waals surface area contributed by atoms with Gasteiger partial charge in [0.15, 0.2) is 5.11 Å². The SMILES string of the molecule is NNC(N)=S.Nc1cccnc1.O=CCC(=O)O. The number of aromatic nitrogens is 1. The molecule has 1 heterocycles. The molecule has 1 rings (SSSR count). The quantitative estimate of drug-likeness (QED) is 0.150. The van der Waals surface area contributed by atoms with Gasteiger partial charge in [0.2, 0.25) is 0 Å². The first-order valence-corrected chi connectivity index (χ1v) is 4.91. The fourth-order valence-corrected chi connectivity index (χ4v) is 0.447. The number of aldehydes is 1. The van der Waals surface area contributed by atoms with Gasteiger partial charge < -0.3 is 26.8 Å². The number of nitrogens with two attached hydrogens (primary N) is 3. The summed E-state index contributed by atoms with van der Waals surface area (Å²) >= 11 is 4.24. The molecule has 0 unspecified atom stereocenters. The van der Waals surface area contributed by atoms with Gasteiger partial charge in [-0.1, -0.05) is 0 Å². The summed E-state index contributed by atoms with van der Waals surface area (Å²) in [5.74, 6) is 3.58. The highest BCUT2D eigenvalue weighted by Gasteiger charge is 1.87. The minimum Gasteiger partial charge on any atom is -0.481 e. The number of nitrogens with zero attached hydrogens (tertiary/aromatic N) is 1. The van der Waals surface area contributed by atoms with Crippen molar-refractivity contribution in [2.75, 3.05) is 5.73 Å². The number of carboxylic acid groups (broad SMARTS) is 1. The Bertz CT molecular complexity index is 360. The third-order valence-corrected chi connectivity index (χ3v) is 1.20. The number of pyridine rings is 1. The number of carbonyl (C=O) groups is 2. The van der Waals surface area contributed by atoms with Crippen LogP contribution in [0.4, 0.5) is 5.69 Å².